The fraction of sp³-hybridized carbons (Fsp3) is 0.700. The van der Waals surface area contributed by atoms with Crippen molar-refractivity contribution in [2.45, 2.75) is 39.2 Å². The normalized spacial score (nSPS) is 10.8. The summed E-state index contributed by atoms with van der Waals surface area (Å²) in [5.41, 5.74) is 5.00. The summed E-state index contributed by atoms with van der Waals surface area (Å²) in [7, 11) is 0. The van der Waals surface area contributed by atoms with Gasteiger partial charge in [-0.2, -0.15) is 0 Å². The molecule has 0 aliphatic heterocycles. The van der Waals surface area contributed by atoms with Gasteiger partial charge in [-0.1, -0.05) is 13.8 Å². The van der Waals surface area contributed by atoms with Crippen molar-refractivity contribution in [1.82, 2.24) is 5.32 Å². The molecular weight excluding hydrogens is 228 g/mol. The van der Waals surface area contributed by atoms with Gasteiger partial charge >= 0.3 is 11.9 Å². The zero-order valence-electron chi connectivity index (χ0n) is 10.1. The molecule has 17 heavy (non-hydrogen) atoms. The lowest BCUT2D eigenvalue weighted by Crippen LogP contribution is -2.43. The van der Waals surface area contributed by atoms with Gasteiger partial charge in [0, 0.05) is 6.42 Å². The summed E-state index contributed by atoms with van der Waals surface area (Å²) in [5.74, 6) is -2.76. The average molecular weight is 248 g/mol. The minimum Gasteiger partial charge on any atom is -0.481 e. The molecule has 0 fully saturated rings. The third-order valence-electron chi connectivity index (χ3n) is 1.70. The Kier molecular flexibility index (Phi) is 11.4. The highest BCUT2D eigenvalue weighted by Crippen LogP contribution is 2.01. The van der Waals surface area contributed by atoms with E-state index < -0.39 is 23.9 Å². The van der Waals surface area contributed by atoms with E-state index in [0.717, 1.165) is 0 Å². The number of nitrogens with two attached hydrogens (primary N) is 1. The number of carbonyl (C=O) groups excluding carboxylic acids is 1. The third-order valence-corrected chi connectivity index (χ3v) is 1.70. The van der Waals surface area contributed by atoms with Gasteiger partial charge in [-0.15, -0.1) is 0 Å². The Labute approximate surface area is 100.0 Å². The number of amides is 1. The van der Waals surface area contributed by atoms with E-state index in [2.05, 4.69) is 5.32 Å². The molecule has 100 valence electrons. The van der Waals surface area contributed by atoms with E-state index in [1.165, 1.54) is 0 Å². The highest BCUT2D eigenvalue weighted by molar-refractivity contribution is 5.84. The maximum atomic E-state index is 10.8. The van der Waals surface area contributed by atoms with Crippen LogP contribution >= 0.6 is 0 Å². The molecule has 7 nitrogen and oxygen atoms in total. The molecule has 1 amide bonds. The standard InChI is InChI=1S/C8H14N2O5.C2H6/c9-4-6(11)10-5(8(14)15)2-1-3-7(12)13;1-2/h5H,1-4,9H2,(H,10,11)(H,12,13)(H,14,15);1-2H3. The minimum absolute atomic E-state index is 0.0768. The predicted molar refractivity (Wildman–Crippen MR) is 61.5 cm³/mol. The molecule has 0 aromatic rings. The van der Waals surface area contributed by atoms with Gasteiger partial charge in [0.15, 0.2) is 0 Å². The van der Waals surface area contributed by atoms with E-state index in [4.69, 9.17) is 15.9 Å². The first-order valence-corrected chi connectivity index (χ1v) is 5.41. The Hall–Kier alpha value is -1.63. The highest BCUT2D eigenvalue weighted by Gasteiger charge is 2.18. The molecule has 0 aromatic carbocycles. The Balaban J connectivity index is 0. The van der Waals surface area contributed by atoms with Crippen LogP contribution in [0.1, 0.15) is 33.1 Å². The molecule has 0 aliphatic carbocycles. The third kappa shape index (κ3) is 10.6. The van der Waals surface area contributed by atoms with Gasteiger partial charge in [-0.05, 0) is 12.8 Å². The first kappa shape index (κ1) is 17.8. The average Bonchev–Trinajstić information content (AvgIpc) is 2.29. The number of hydrogen-bond donors (Lipinski definition) is 4. The zero-order valence-corrected chi connectivity index (χ0v) is 10.1. The molecule has 0 heterocycles. The summed E-state index contributed by atoms with van der Waals surface area (Å²) >= 11 is 0. The number of aliphatic carboxylic acids is 2. The molecule has 7 heteroatoms. The van der Waals surface area contributed by atoms with Gasteiger partial charge in [0.2, 0.25) is 5.91 Å². The van der Waals surface area contributed by atoms with Crippen molar-refractivity contribution in [3.8, 4) is 0 Å². The summed E-state index contributed by atoms with van der Waals surface area (Å²) in [4.78, 5) is 31.6. The van der Waals surface area contributed by atoms with Crippen LogP contribution in [0.5, 0.6) is 0 Å². The maximum Gasteiger partial charge on any atom is 0.326 e. The predicted octanol–water partition coefficient (Wildman–Crippen LogP) is -0.204. The molecule has 0 aliphatic rings. The van der Waals surface area contributed by atoms with Crippen LogP contribution in [-0.4, -0.2) is 40.6 Å². The van der Waals surface area contributed by atoms with Crippen molar-refractivity contribution in [2.75, 3.05) is 6.54 Å². The number of nitrogens with one attached hydrogen (secondary N) is 1. The lowest BCUT2D eigenvalue weighted by molar-refractivity contribution is -0.142. The first-order valence-electron chi connectivity index (χ1n) is 5.41. The van der Waals surface area contributed by atoms with Crippen LogP contribution in [0.4, 0.5) is 0 Å². The highest BCUT2D eigenvalue weighted by atomic mass is 16.4. The summed E-state index contributed by atoms with van der Waals surface area (Å²) in [6.45, 7) is 3.71. The molecule has 0 rings (SSSR count). The molecule has 0 saturated carbocycles. The first-order chi connectivity index (χ1) is 7.97. The van der Waals surface area contributed by atoms with Crippen molar-refractivity contribution < 1.29 is 24.6 Å². The van der Waals surface area contributed by atoms with E-state index in [1.54, 1.807) is 0 Å². The number of carboxylic acids is 2. The Morgan fingerprint density at radius 3 is 2.12 bits per heavy atom. The second kappa shape index (κ2) is 10.9. The van der Waals surface area contributed by atoms with Crippen molar-refractivity contribution >= 4 is 17.8 Å². The van der Waals surface area contributed by atoms with Crippen LogP contribution in [0.15, 0.2) is 0 Å². The molecule has 0 radical (unpaired) electrons. The number of rotatable bonds is 7. The quantitative estimate of drug-likeness (QED) is 0.493. The smallest absolute Gasteiger partial charge is 0.326 e. The number of carbonyl (C=O) groups is 3. The molecule has 0 bridgehead atoms. The van der Waals surface area contributed by atoms with Crippen LogP contribution in [0.2, 0.25) is 0 Å². The van der Waals surface area contributed by atoms with Crippen molar-refractivity contribution in [3.63, 3.8) is 0 Å². The zero-order chi connectivity index (χ0) is 13.8. The van der Waals surface area contributed by atoms with E-state index in [9.17, 15) is 14.4 Å². The van der Waals surface area contributed by atoms with Gasteiger partial charge in [-0.25, -0.2) is 4.79 Å². The van der Waals surface area contributed by atoms with Crippen LogP contribution in [0.3, 0.4) is 0 Å². The van der Waals surface area contributed by atoms with Crippen LogP contribution < -0.4 is 11.1 Å². The fourth-order valence-electron chi connectivity index (χ4n) is 0.968. The second-order valence-corrected chi connectivity index (χ2v) is 2.95. The number of hydrogen-bond acceptors (Lipinski definition) is 4. The Morgan fingerprint density at radius 2 is 1.76 bits per heavy atom. The van der Waals surface area contributed by atoms with E-state index in [1.807, 2.05) is 13.8 Å². The molecule has 0 aromatic heterocycles. The molecule has 5 N–H and O–H groups in total. The topological polar surface area (TPSA) is 130 Å². The molecule has 1 atom stereocenters. The maximum absolute atomic E-state index is 10.8. The minimum atomic E-state index is -1.19. The van der Waals surface area contributed by atoms with Gasteiger partial charge in [0.25, 0.3) is 0 Å². The van der Waals surface area contributed by atoms with Gasteiger partial charge in [0.1, 0.15) is 6.04 Å². The second-order valence-electron chi connectivity index (χ2n) is 2.95. The fourth-order valence-corrected chi connectivity index (χ4v) is 0.968. The SMILES string of the molecule is CC.NCC(=O)NC(CCCC(=O)O)C(=O)O. The largest absolute Gasteiger partial charge is 0.481 e. The van der Waals surface area contributed by atoms with E-state index >= 15 is 0 Å². The summed E-state index contributed by atoms with van der Waals surface area (Å²) in [6.07, 6.45) is 0.146. The summed E-state index contributed by atoms with van der Waals surface area (Å²) in [6, 6.07) is -1.07. The van der Waals surface area contributed by atoms with Crippen molar-refractivity contribution in [3.05, 3.63) is 0 Å². The lowest BCUT2D eigenvalue weighted by atomic mass is 10.1. The Bertz CT molecular complexity index is 255. The molecule has 1 unspecified atom stereocenters. The summed E-state index contributed by atoms with van der Waals surface area (Å²) < 4.78 is 0. The van der Waals surface area contributed by atoms with Crippen LogP contribution in [-0.2, 0) is 14.4 Å². The van der Waals surface area contributed by atoms with Gasteiger partial charge in [0.05, 0.1) is 6.54 Å². The monoisotopic (exact) mass is 248 g/mol. The van der Waals surface area contributed by atoms with Crippen molar-refractivity contribution in [1.29, 1.82) is 0 Å². The van der Waals surface area contributed by atoms with E-state index in [-0.39, 0.29) is 25.8 Å². The lowest BCUT2D eigenvalue weighted by Gasteiger charge is -2.12. The summed E-state index contributed by atoms with van der Waals surface area (Å²) in [5, 5.41) is 19.2. The van der Waals surface area contributed by atoms with E-state index in [0.29, 0.717) is 0 Å². The van der Waals surface area contributed by atoms with Gasteiger partial charge < -0.3 is 21.3 Å². The van der Waals surface area contributed by atoms with Gasteiger partial charge in [-0.3, -0.25) is 9.59 Å². The molecule has 0 saturated heterocycles. The van der Waals surface area contributed by atoms with Crippen LogP contribution in [0, 0.1) is 0 Å². The Morgan fingerprint density at radius 1 is 1.24 bits per heavy atom. The molecule has 0 spiro atoms. The number of carboxylic acid groups (broad SMARTS) is 2. The van der Waals surface area contributed by atoms with Crippen LogP contribution in [0.25, 0.3) is 0 Å². The van der Waals surface area contributed by atoms with Crippen molar-refractivity contribution in [2.24, 2.45) is 5.73 Å². The molecular formula is C10H20N2O5.